The standard InChI is InChI=1S/C10H14N2O/c1-10(2)6-7-4-5-11-8(7)9(13)12(10)3/h4-5,11H,6H2,1-3H3. The van der Waals surface area contributed by atoms with Gasteiger partial charge in [-0.15, -0.1) is 0 Å². The maximum atomic E-state index is 11.8. The number of aromatic amines is 1. The van der Waals surface area contributed by atoms with Gasteiger partial charge in [0.15, 0.2) is 0 Å². The van der Waals surface area contributed by atoms with E-state index in [9.17, 15) is 4.79 Å². The van der Waals surface area contributed by atoms with Crippen molar-refractivity contribution in [2.24, 2.45) is 0 Å². The second-order valence-corrected chi connectivity index (χ2v) is 4.23. The molecule has 3 nitrogen and oxygen atoms in total. The average Bonchev–Trinajstić information content (AvgIpc) is 2.47. The van der Waals surface area contributed by atoms with Gasteiger partial charge in [0.05, 0.1) is 0 Å². The molecule has 2 rings (SSSR count). The van der Waals surface area contributed by atoms with Crippen LogP contribution in [0.4, 0.5) is 0 Å². The number of likely N-dealkylation sites (N-methyl/N-ethyl adjacent to an activating group) is 1. The number of nitrogens with zero attached hydrogens (tertiary/aromatic N) is 1. The van der Waals surface area contributed by atoms with E-state index in [1.165, 1.54) is 0 Å². The van der Waals surface area contributed by atoms with Gasteiger partial charge in [-0.05, 0) is 31.9 Å². The molecule has 1 amide bonds. The first-order valence-corrected chi connectivity index (χ1v) is 4.47. The van der Waals surface area contributed by atoms with E-state index in [0.717, 1.165) is 17.7 Å². The van der Waals surface area contributed by atoms with Crippen molar-refractivity contribution in [2.45, 2.75) is 25.8 Å². The number of nitrogens with one attached hydrogen (secondary N) is 1. The van der Waals surface area contributed by atoms with Gasteiger partial charge in [0.2, 0.25) is 0 Å². The Balaban J connectivity index is 2.51. The highest BCUT2D eigenvalue weighted by molar-refractivity contribution is 5.95. The molecule has 0 fully saturated rings. The number of aromatic nitrogens is 1. The number of fused-ring (bicyclic) bond motifs is 1. The van der Waals surface area contributed by atoms with E-state index in [4.69, 9.17) is 0 Å². The monoisotopic (exact) mass is 178 g/mol. The maximum Gasteiger partial charge on any atom is 0.270 e. The average molecular weight is 178 g/mol. The van der Waals surface area contributed by atoms with Crippen molar-refractivity contribution in [3.05, 3.63) is 23.5 Å². The molecule has 0 atom stereocenters. The van der Waals surface area contributed by atoms with Crippen LogP contribution in [-0.4, -0.2) is 28.4 Å². The van der Waals surface area contributed by atoms with Crippen LogP contribution >= 0.6 is 0 Å². The molecule has 70 valence electrons. The van der Waals surface area contributed by atoms with Gasteiger partial charge in [-0.3, -0.25) is 4.79 Å². The van der Waals surface area contributed by atoms with Crippen molar-refractivity contribution >= 4 is 5.91 Å². The Morgan fingerprint density at radius 3 is 2.92 bits per heavy atom. The second-order valence-electron chi connectivity index (χ2n) is 4.23. The number of amides is 1. The molecule has 3 heteroatoms. The van der Waals surface area contributed by atoms with E-state index in [2.05, 4.69) is 18.8 Å². The molecule has 0 unspecified atom stereocenters. The minimum atomic E-state index is -0.0632. The number of rotatable bonds is 0. The molecule has 1 N–H and O–H groups in total. The third-order valence-corrected chi connectivity index (χ3v) is 2.88. The van der Waals surface area contributed by atoms with Gasteiger partial charge in [0, 0.05) is 18.8 Å². The molecule has 0 aliphatic carbocycles. The summed E-state index contributed by atoms with van der Waals surface area (Å²) in [5.41, 5.74) is 1.82. The number of hydrogen-bond donors (Lipinski definition) is 1. The van der Waals surface area contributed by atoms with E-state index >= 15 is 0 Å². The topological polar surface area (TPSA) is 36.1 Å². The van der Waals surface area contributed by atoms with Crippen LogP contribution in [0.15, 0.2) is 12.3 Å². The summed E-state index contributed by atoms with van der Waals surface area (Å²) in [6.07, 6.45) is 2.76. The van der Waals surface area contributed by atoms with Crippen LogP contribution in [-0.2, 0) is 6.42 Å². The molecule has 0 aromatic carbocycles. The number of H-pyrrole nitrogens is 1. The summed E-state index contributed by atoms with van der Waals surface area (Å²) in [6.45, 7) is 4.17. The van der Waals surface area contributed by atoms with Crippen LogP contribution in [0, 0.1) is 0 Å². The largest absolute Gasteiger partial charge is 0.357 e. The Morgan fingerprint density at radius 2 is 2.23 bits per heavy atom. The van der Waals surface area contributed by atoms with Crippen molar-refractivity contribution in [3.8, 4) is 0 Å². The van der Waals surface area contributed by atoms with Crippen LogP contribution < -0.4 is 0 Å². The van der Waals surface area contributed by atoms with Crippen molar-refractivity contribution < 1.29 is 4.79 Å². The molecule has 13 heavy (non-hydrogen) atoms. The molecule has 1 aromatic heterocycles. The Kier molecular flexibility index (Phi) is 1.53. The summed E-state index contributed by atoms with van der Waals surface area (Å²) >= 11 is 0. The predicted molar refractivity (Wildman–Crippen MR) is 50.7 cm³/mol. The first-order valence-electron chi connectivity index (χ1n) is 4.47. The van der Waals surface area contributed by atoms with E-state index < -0.39 is 0 Å². The Bertz CT molecular complexity index is 352. The summed E-state index contributed by atoms with van der Waals surface area (Å²) in [7, 11) is 1.85. The van der Waals surface area contributed by atoms with Crippen LogP contribution in [0.25, 0.3) is 0 Å². The van der Waals surface area contributed by atoms with Crippen molar-refractivity contribution in [1.29, 1.82) is 0 Å². The van der Waals surface area contributed by atoms with Crippen LogP contribution in [0.5, 0.6) is 0 Å². The zero-order valence-electron chi connectivity index (χ0n) is 8.22. The quantitative estimate of drug-likeness (QED) is 0.640. The fraction of sp³-hybridized carbons (Fsp3) is 0.500. The molecular weight excluding hydrogens is 164 g/mol. The SMILES string of the molecule is CN1C(=O)c2[nH]ccc2CC1(C)C. The highest BCUT2D eigenvalue weighted by Gasteiger charge is 2.35. The molecular formula is C10H14N2O. The van der Waals surface area contributed by atoms with Gasteiger partial charge >= 0.3 is 0 Å². The van der Waals surface area contributed by atoms with E-state index in [1.807, 2.05) is 19.3 Å². The van der Waals surface area contributed by atoms with Gasteiger partial charge < -0.3 is 9.88 Å². The first kappa shape index (κ1) is 8.35. The Labute approximate surface area is 77.7 Å². The molecule has 0 bridgehead atoms. The van der Waals surface area contributed by atoms with Gasteiger partial charge in [-0.2, -0.15) is 0 Å². The maximum absolute atomic E-state index is 11.8. The van der Waals surface area contributed by atoms with Gasteiger partial charge in [-0.25, -0.2) is 0 Å². The van der Waals surface area contributed by atoms with Gasteiger partial charge in [-0.1, -0.05) is 0 Å². The highest BCUT2D eigenvalue weighted by atomic mass is 16.2. The smallest absolute Gasteiger partial charge is 0.270 e. The zero-order valence-corrected chi connectivity index (χ0v) is 8.22. The molecule has 1 aliphatic rings. The molecule has 0 saturated carbocycles. The predicted octanol–water partition coefficient (Wildman–Crippen LogP) is 1.42. The molecule has 1 aromatic rings. The second kappa shape index (κ2) is 2.37. The lowest BCUT2D eigenvalue weighted by atomic mass is 9.89. The van der Waals surface area contributed by atoms with Crippen LogP contribution in [0.2, 0.25) is 0 Å². The van der Waals surface area contributed by atoms with E-state index in [1.54, 1.807) is 4.90 Å². The van der Waals surface area contributed by atoms with Crippen molar-refractivity contribution in [1.82, 2.24) is 9.88 Å². The summed E-state index contributed by atoms with van der Waals surface area (Å²) in [6, 6.07) is 1.99. The summed E-state index contributed by atoms with van der Waals surface area (Å²) in [5.74, 6) is 0.0938. The Morgan fingerprint density at radius 1 is 1.54 bits per heavy atom. The zero-order chi connectivity index (χ0) is 9.64. The first-order chi connectivity index (χ1) is 6.02. The number of carbonyl (C=O) groups excluding carboxylic acids is 1. The van der Waals surface area contributed by atoms with Crippen LogP contribution in [0.3, 0.4) is 0 Å². The molecule has 2 heterocycles. The lowest BCUT2D eigenvalue weighted by Gasteiger charge is -2.39. The molecule has 0 radical (unpaired) electrons. The lowest BCUT2D eigenvalue weighted by Crippen LogP contribution is -2.50. The minimum Gasteiger partial charge on any atom is -0.357 e. The van der Waals surface area contributed by atoms with Gasteiger partial charge in [0.25, 0.3) is 5.91 Å². The molecule has 0 spiro atoms. The van der Waals surface area contributed by atoms with E-state index in [-0.39, 0.29) is 11.4 Å². The highest BCUT2D eigenvalue weighted by Crippen LogP contribution is 2.28. The molecule has 0 saturated heterocycles. The number of hydrogen-bond acceptors (Lipinski definition) is 1. The minimum absolute atomic E-state index is 0.0632. The van der Waals surface area contributed by atoms with Crippen molar-refractivity contribution in [2.75, 3.05) is 7.05 Å². The number of carbonyl (C=O) groups is 1. The third kappa shape index (κ3) is 1.07. The Hall–Kier alpha value is -1.25. The molecule has 1 aliphatic heterocycles. The fourth-order valence-corrected chi connectivity index (χ4v) is 1.78. The summed E-state index contributed by atoms with van der Waals surface area (Å²) < 4.78 is 0. The summed E-state index contributed by atoms with van der Waals surface area (Å²) in [5, 5.41) is 0. The summed E-state index contributed by atoms with van der Waals surface area (Å²) in [4.78, 5) is 16.6. The lowest BCUT2D eigenvalue weighted by molar-refractivity contribution is 0.0586. The normalized spacial score (nSPS) is 20.2. The van der Waals surface area contributed by atoms with Gasteiger partial charge in [0.1, 0.15) is 5.69 Å². The van der Waals surface area contributed by atoms with Crippen LogP contribution in [0.1, 0.15) is 29.9 Å². The van der Waals surface area contributed by atoms with Crippen molar-refractivity contribution in [3.63, 3.8) is 0 Å². The van der Waals surface area contributed by atoms with E-state index in [0.29, 0.717) is 0 Å². The fourth-order valence-electron chi connectivity index (χ4n) is 1.78. The third-order valence-electron chi connectivity index (χ3n) is 2.88.